The van der Waals surface area contributed by atoms with Crippen molar-refractivity contribution in [2.24, 2.45) is 0 Å². The number of fused-ring (bicyclic) bond motifs is 1. The molecule has 2 N–H and O–H groups in total. The Bertz CT molecular complexity index is 1690. The summed E-state index contributed by atoms with van der Waals surface area (Å²) in [5.74, 6) is 0.00498. The third-order valence-corrected chi connectivity index (χ3v) is 5.54. The minimum Gasteiger partial charge on any atom is -0.773 e. The molecular weight excluding hydrogens is 519 g/mol. The second-order valence-electron chi connectivity index (χ2n) is 8.05. The molecule has 196 valence electrons. The van der Waals surface area contributed by atoms with Crippen LogP contribution >= 0.6 is 0 Å². The van der Waals surface area contributed by atoms with Crippen molar-refractivity contribution in [1.82, 2.24) is 24.4 Å². The number of nitriles is 1. The lowest BCUT2D eigenvalue weighted by Gasteiger charge is -2.16. The summed E-state index contributed by atoms with van der Waals surface area (Å²) in [6.45, 7) is 1.81. The summed E-state index contributed by atoms with van der Waals surface area (Å²) < 4.78 is 61.4. The summed E-state index contributed by atoms with van der Waals surface area (Å²) >= 11 is -1.86. The molecule has 3 aromatic heterocycles. The highest BCUT2D eigenvalue weighted by Gasteiger charge is 2.31. The molecule has 38 heavy (non-hydrogen) atoms. The Labute approximate surface area is 218 Å². The van der Waals surface area contributed by atoms with Crippen LogP contribution in [0.3, 0.4) is 0 Å². The highest BCUT2D eigenvalue weighted by atomic mass is 32.2. The summed E-state index contributed by atoms with van der Waals surface area (Å²) in [5.41, 5.74) is 9.55. The fourth-order valence-corrected chi connectivity index (χ4v) is 3.97. The molecule has 0 aliphatic rings. The van der Waals surface area contributed by atoms with Crippen LogP contribution in [0.2, 0.25) is 0 Å². The third kappa shape index (κ3) is 5.41. The molecule has 0 radical (unpaired) electrons. The predicted molar refractivity (Wildman–Crippen MR) is 137 cm³/mol. The van der Waals surface area contributed by atoms with Crippen molar-refractivity contribution in [3.05, 3.63) is 83.7 Å². The predicted octanol–water partition coefficient (Wildman–Crippen LogP) is 4.77. The zero-order chi connectivity index (χ0) is 27.6. The van der Waals surface area contributed by atoms with Crippen molar-refractivity contribution in [3.63, 3.8) is 0 Å². The first-order valence-corrected chi connectivity index (χ1v) is 12.4. The summed E-state index contributed by atoms with van der Waals surface area (Å²) in [6, 6.07) is 15.9. The number of alkyl halides is 3. The van der Waals surface area contributed by atoms with E-state index in [0.717, 1.165) is 24.1 Å². The zero-order valence-corrected chi connectivity index (χ0v) is 20.8. The molecule has 0 fully saturated rings. The van der Waals surface area contributed by atoms with E-state index < -0.39 is 22.8 Å². The molecule has 0 bridgehead atoms. The molecule has 9 nitrogen and oxygen atoms in total. The lowest BCUT2D eigenvalue weighted by atomic mass is 9.95. The smallest absolute Gasteiger partial charge is 0.416 e. The van der Waals surface area contributed by atoms with E-state index >= 15 is 0 Å². The minimum absolute atomic E-state index is 0. The van der Waals surface area contributed by atoms with Gasteiger partial charge in [-0.05, 0) is 66.8 Å². The van der Waals surface area contributed by atoms with E-state index in [-0.39, 0.29) is 7.37 Å². The van der Waals surface area contributed by atoms with Gasteiger partial charge in [-0.15, -0.1) is 5.10 Å². The van der Waals surface area contributed by atoms with Gasteiger partial charge in [0.25, 0.3) is 0 Å². The van der Waals surface area contributed by atoms with Gasteiger partial charge in [0.2, 0.25) is 5.95 Å². The molecule has 0 aliphatic carbocycles. The maximum Gasteiger partial charge on any atom is 0.416 e. The Balaban J connectivity index is 0.000000788. The Morgan fingerprint density at radius 2 is 1.84 bits per heavy atom. The van der Waals surface area contributed by atoms with E-state index in [1.165, 1.54) is 10.6 Å². The van der Waals surface area contributed by atoms with Crippen molar-refractivity contribution >= 4 is 22.7 Å². The number of aromatic nitrogens is 5. The summed E-state index contributed by atoms with van der Waals surface area (Å²) in [4.78, 5) is 4.26. The lowest BCUT2D eigenvalue weighted by molar-refractivity contribution is -0.137. The molecular formula is C25H21F3N7O2S-. The fraction of sp³-hybridized carbons (Fsp3) is 0.120. The van der Waals surface area contributed by atoms with Crippen molar-refractivity contribution in [2.75, 3.05) is 12.0 Å². The van der Waals surface area contributed by atoms with E-state index in [9.17, 15) is 13.2 Å². The molecule has 5 aromatic rings. The molecule has 0 amide bonds. The Morgan fingerprint density at radius 3 is 2.47 bits per heavy atom. The Morgan fingerprint density at radius 1 is 1.16 bits per heavy atom. The quantitative estimate of drug-likeness (QED) is 0.325. The molecule has 2 aromatic carbocycles. The number of halogens is 3. The Kier molecular flexibility index (Phi) is 7.29. The van der Waals surface area contributed by atoms with Crippen LogP contribution in [0, 0.1) is 18.3 Å². The van der Waals surface area contributed by atoms with E-state index in [1.807, 2.05) is 6.92 Å². The van der Waals surface area contributed by atoms with E-state index in [1.54, 1.807) is 53.5 Å². The van der Waals surface area contributed by atoms with Gasteiger partial charge in [0.15, 0.2) is 5.65 Å². The molecule has 1 atom stereocenters. The van der Waals surface area contributed by atoms with Gasteiger partial charge in [0.05, 0.1) is 34.8 Å². The monoisotopic (exact) mass is 540 g/mol. The average molecular weight is 541 g/mol. The number of nitrogens with zero attached hydrogens (tertiary/aromatic N) is 6. The number of hydrogen-bond acceptors (Lipinski definition) is 7. The Hall–Kier alpha value is -4.54. The van der Waals surface area contributed by atoms with Crippen molar-refractivity contribution in [2.45, 2.75) is 13.1 Å². The van der Waals surface area contributed by atoms with Crippen LogP contribution in [-0.4, -0.2) is 39.4 Å². The van der Waals surface area contributed by atoms with Crippen molar-refractivity contribution in [1.29, 1.82) is 5.26 Å². The van der Waals surface area contributed by atoms with Crippen molar-refractivity contribution in [3.8, 4) is 34.1 Å². The summed E-state index contributed by atoms with van der Waals surface area (Å²) in [5, 5.41) is 17.7. The highest BCUT2D eigenvalue weighted by molar-refractivity contribution is 7.78. The second-order valence-corrected chi connectivity index (χ2v) is 8.85. The minimum atomic E-state index is -4.49. The number of nitrogen functional groups attached to an aromatic ring is 1. The second kappa shape index (κ2) is 10.4. The van der Waals surface area contributed by atoms with E-state index in [2.05, 4.69) is 21.3 Å². The van der Waals surface area contributed by atoms with Gasteiger partial charge in [-0.3, -0.25) is 4.21 Å². The third-order valence-electron chi connectivity index (χ3n) is 5.54. The molecule has 0 aliphatic heterocycles. The van der Waals surface area contributed by atoms with Gasteiger partial charge in [-0.1, -0.05) is 23.2 Å². The zero-order valence-electron chi connectivity index (χ0n) is 20.0. The van der Waals surface area contributed by atoms with Gasteiger partial charge in [0.1, 0.15) is 0 Å². The van der Waals surface area contributed by atoms with Crippen LogP contribution in [0.5, 0.6) is 0 Å². The molecule has 0 spiro atoms. The van der Waals surface area contributed by atoms with Crippen LogP contribution in [0.4, 0.5) is 19.1 Å². The van der Waals surface area contributed by atoms with Gasteiger partial charge in [-0.25, -0.2) is 9.20 Å². The molecule has 0 saturated heterocycles. The van der Waals surface area contributed by atoms with Gasteiger partial charge < -0.3 is 10.3 Å². The van der Waals surface area contributed by atoms with Crippen LogP contribution in [-0.2, 0) is 17.3 Å². The first-order valence-electron chi connectivity index (χ1n) is 10.9. The highest BCUT2D eigenvalue weighted by Crippen LogP contribution is 2.38. The van der Waals surface area contributed by atoms with Crippen LogP contribution in [0.15, 0.2) is 67.0 Å². The maximum atomic E-state index is 13.4. The first kappa shape index (κ1) is 26.5. The van der Waals surface area contributed by atoms with Crippen molar-refractivity contribution < 1.29 is 23.4 Å². The van der Waals surface area contributed by atoms with Gasteiger partial charge in [0, 0.05) is 18.8 Å². The number of rotatable bonds is 3. The largest absolute Gasteiger partial charge is 0.773 e. The van der Waals surface area contributed by atoms with E-state index in [0.29, 0.717) is 39.2 Å². The first-order chi connectivity index (χ1) is 18.0. The normalized spacial score (nSPS) is 12.0. The van der Waals surface area contributed by atoms with Crippen LogP contribution < -0.4 is 5.73 Å². The topological polar surface area (TPSA) is 138 Å². The van der Waals surface area contributed by atoms with E-state index in [4.69, 9.17) is 19.8 Å². The number of anilines is 1. The van der Waals surface area contributed by atoms with Gasteiger partial charge in [-0.2, -0.15) is 28.5 Å². The molecule has 1 unspecified atom stereocenters. The van der Waals surface area contributed by atoms with Crippen LogP contribution in [0.1, 0.15) is 18.1 Å². The maximum absolute atomic E-state index is 13.4. The molecule has 13 heteroatoms. The summed E-state index contributed by atoms with van der Waals surface area (Å²) in [6.07, 6.45) is -0.0577. The average Bonchev–Trinajstić information content (AvgIpc) is 3.49. The lowest BCUT2D eigenvalue weighted by Crippen LogP contribution is -2.06. The SMILES string of the molecule is CS(=O)[O-].Cc1c(-c2ccnn2-c2ccc(C#N)cc2)cn2nc(N)nc2c1-c1cccc(C(F)(F)F)c1.[HH]. The van der Waals surface area contributed by atoms with Crippen LogP contribution in [0.25, 0.3) is 33.7 Å². The molecule has 5 rings (SSSR count). The number of hydrogen-bond donors (Lipinski definition) is 1. The standard InChI is InChI=1S/C24H16F3N7.CH4O2S.H2/c1-14-19(20-9-10-30-34(20)18-7-5-15(12-28)6-8-18)13-33-22(31-23(29)32-33)21(14)16-3-2-4-17(11-16)24(25,26)27;1-4(2)3;/h2-11,13H,1H3,(H2,29,32);1H3,(H,2,3);1H/p-1. The molecule has 3 heterocycles. The molecule has 0 saturated carbocycles. The summed E-state index contributed by atoms with van der Waals surface area (Å²) in [7, 11) is 0. The number of pyridine rings is 1. The number of benzene rings is 2. The number of nitrogens with two attached hydrogens (primary N) is 1. The van der Waals surface area contributed by atoms with Gasteiger partial charge >= 0.3 is 6.18 Å². The fourth-order valence-electron chi connectivity index (χ4n) is 3.97.